The zero-order valence-electron chi connectivity index (χ0n) is 18.5. The number of aryl methyl sites for hydroxylation is 2. The Balaban J connectivity index is 1.76. The molecule has 0 saturated heterocycles. The third-order valence-corrected chi connectivity index (χ3v) is 7.10. The van der Waals surface area contributed by atoms with Crippen molar-refractivity contribution in [3.8, 4) is 0 Å². The quantitative estimate of drug-likeness (QED) is 0.358. The van der Waals surface area contributed by atoms with E-state index in [1.165, 1.54) is 23.9 Å². The summed E-state index contributed by atoms with van der Waals surface area (Å²) in [6.45, 7) is 3.58. The van der Waals surface area contributed by atoms with Gasteiger partial charge in [0, 0.05) is 11.6 Å². The van der Waals surface area contributed by atoms with Crippen LogP contribution in [-0.2, 0) is 27.8 Å². The van der Waals surface area contributed by atoms with E-state index in [0.717, 1.165) is 21.9 Å². The van der Waals surface area contributed by atoms with Gasteiger partial charge in [0.2, 0.25) is 10.0 Å². The minimum Gasteiger partial charge on any atom is -0.272 e. The highest BCUT2D eigenvalue weighted by Gasteiger charge is 2.27. The van der Waals surface area contributed by atoms with Crippen LogP contribution in [0.25, 0.3) is 0 Å². The van der Waals surface area contributed by atoms with E-state index in [4.69, 9.17) is 11.6 Å². The first-order valence-electron chi connectivity index (χ1n) is 10.5. The summed E-state index contributed by atoms with van der Waals surface area (Å²) < 4.78 is 27.7. The molecular weight excluding hydrogens is 458 g/mol. The number of nitrogens with zero attached hydrogens (tertiary/aromatic N) is 2. The van der Waals surface area contributed by atoms with Crippen molar-refractivity contribution in [2.75, 3.05) is 6.54 Å². The van der Waals surface area contributed by atoms with E-state index < -0.39 is 15.9 Å². The lowest BCUT2D eigenvalue weighted by Gasteiger charge is -2.21. The molecule has 8 heteroatoms. The Morgan fingerprint density at radius 3 is 2.18 bits per heavy atom. The average Bonchev–Trinajstić information content (AvgIpc) is 2.81. The molecule has 0 radical (unpaired) electrons. The van der Waals surface area contributed by atoms with E-state index in [9.17, 15) is 13.2 Å². The molecule has 1 amide bonds. The number of benzene rings is 3. The molecule has 3 rings (SSSR count). The molecular formula is C25H26ClN3O3S. The Morgan fingerprint density at radius 2 is 1.58 bits per heavy atom. The third-order valence-electron chi connectivity index (χ3n) is 5.04. The number of hydrazone groups is 1. The van der Waals surface area contributed by atoms with E-state index in [0.29, 0.717) is 10.6 Å². The lowest BCUT2D eigenvalue weighted by atomic mass is 10.1. The van der Waals surface area contributed by atoms with Gasteiger partial charge in [0.1, 0.15) is 0 Å². The van der Waals surface area contributed by atoms with Crippen LogP contribution in [0.2, 0.25) is 5.02 Å². The summed E-state index contributed by atoms with van der Waals surface area (Å²) >= 11 is 5.95. The number of amides is 1. The number of carbonyl (C=O) groups excluding carboxylic acids is 1. The van der Waals surface area contributed by atoms with Gasteiger partial charge in [-0.05, 0) is 54.3 Å². The Labute approximate surface area is 200 Å². The molecule has 0 fully saturated rings. The maximum absolute atomic E-state index is 13.3. The molecule has 0 aliphatic heterocycles. The molecule has 0 heterocycles. The van der Waals surface area contributed by atoms with Crippen LogP contribution < -0.4 is 5.43 Å². The van der Waals surface area contributed by atoms with Crippen molar-refractivity contribution >= 4 is 33.7 Å². The van der Waals surface area contributed by atoms with Crippen molar-refractivity contribution in [3.63, 3.8) is 0 Å². The molecule has 3 aromatic rings. The first-order chi connectivity index (χ1) is 15.8. The first kappa shape index (κ1) is 24.6. The van der Waals surface area contributed by atoms with Gasteiger partial charge in [-0.25, -0.2) is 13.8 Å². The normalized spacial score (nSPS) is 11.8. The number of carbonyl (C=O) groups is 1. The molecule has 0 spiro atoms. The van der Waals surface area contributed by atoms with Gasteiger partial charge in [-0.1, -0.05) is 72.6 Å². The summed E-state index contributed by atoms with van der Waals surface area (Å²) in [4.78, 5) is 12.7. The van der Waals surface area contributed by atoms with Gasteiger partial charge in [-0.15, -0.1) is 0 Å². The van der Waals surface area contributed by atoms with Gasteiger partial charge in [-0.3, -0.25) is 4.79 Å². The Hall–Kier alpha value is -3.00. The number of hydrogen-bond donors (Lipinski definition) is 1. The minimum atomic E-state index is -3.92. The summed E-state index contributed by atoms with van der Waals surface area (Å²) in [6.07, 6.45) is 2.46. The smallest absolute Gasteiger partial charge is 0.255 e. The number of nitrogens with one attached hydrogen (secondary N) is 1. The van der Waals surface area contributed by atoms with E-state index >= 15 is 0 Å². The van der Waals surface area contributed by atoms with Crippen molar-refractivity contribution in [2.24, 2.45) is 5.10 Å². The number of hydrogen-bond acceptors (Lipinski definition) is 4. The van der Waals surface area contributed by atoms with Gasteiger partial charge < -0.3 is 0 Å². The second kappa shape index (κ2) is 11.2. The van der Waals surface area contributed by atoms with Crippen LogP contribution in [0.4, 0.5) is 0 Å². The maximum atomic E-state index is 13.3. The van der Waals surface area contributed by atoms with Crippen molar-refractivity contribution < 1.29 is 13.2 Å². The van der Waals surface area contributed by atoms with Gasteiger partial charge in [0.15, 0.2) is 0 Å². The molecule has 6 nitrogen and oxygen atoms in total. The Bertz CT molecular complexity index is 1210. The van der Waals surface area contributed by atoms with Gasteiger partial charge in [0.05, 0.1) is 17.7 Å². The van der Waals surface area contributed by atoms with E-state index in [2.05, 4.69) is 17.5 Å². The van der Waals surface area contributed by atoms with Crippen LogP contribution >= 0.6 is 11.6 Å². The highest BCUT2D eigenvalue weighted by Crippen LogP contribution is 2.20. The fourth-order valence-electron chi connectivity index (χ4n) is 3.09. The van der Waals surface area contributed by atoms with Crippen LogP contribution in [0.3, 0.4) is 0 Å². The van der Waals surface area contributed by atoms with Crippen molar-refractivity contribution in [3.05, 3.63) is 100 Å². The third kappa shape index (κ3) is 6.99. The summed E-state index contributed by atoms with van der Waals surface area (Å²) in [5.74, 6) is -0.541. The first-order valence-corrected chi connectivity index (χ1v) is 12.3. The Morgan fingerprint density at radius 1 is 0.970 bits per heavy atom. The topological polar surface area (TPSA) is 78.8 Å². The predicted octanol–water partition coefficient (Wildman–Crippen LogP) is 4.55. The predicted molar refractivity (Wildman–Crippen MR) is 132 cm³/mol. The van der Waals surface area contributed by atoms with Crippen LogP contribution in [0, 0.1) is 6.92 Å². The highest BCUT2D eigenvalue weighted by atomic mass is 35.5. The molecule has 33 heavy (non-hydrogen) atoms. The molecule has 0 aliphatic carbocycles. The van der Waals surface area contributed by atoms with Gasteiger partial charge >= 0.3 is 0 Å². The Kier molecular flexibility index (Phi) is 8.38. The van der Waals surface area contributed by atoms with Gasteiger partial charge in [-0.2, -0.15) is 9.41 Å². The lowest BCUT2D eigenvalue weighted by Crippen LogP contribution is -2.39. The number of rotatable bonds is 9. The second-order valence-corrected chi connectivity index (χ2v) is 9.98. The highest BCUT2D eigenvalue weighted by molar-refractivity contribution is 7.89. The number of sulfonamides is 1. The molecule has 0 atom stereocenters. The largest absolute Gasteiger partial charge is 0.272 e. The molecule has 0 aromatic heterocycles. The zero-order chi connectivity index (χ0) is 23.8. The van der Waals surface area contributed by atoms with Crippen molar-refractivity contribution in [1.82, 2.24) is 9.73 Å². The fraction of sp³-hybridized carbons (Fsp3) is 0.200. The summed E-state index contributed by atoms with van der Waals surface area (Å²) in [5.41, 5.74) is 6.11. The SMILES string of the molecule is CCc1ccc(/C=N\NC(=O)CN(Cc2ccc(Cl)cc2)S(=O)(=O)c2ccc(C)cc2)cc1. The van der Waals surface area contributed by atoms with Crippen molar-refractivity contribution in [1.29, 1.82) is 0 Å². The standard InChI is InChI=1S/C25H26ClN3O3S/c1-3-20-6-8-21(9-7-20)16-27-28-25(30)18-29(17-22-10-12-23(26)13-11-22)33(31,32)24-14-4-19(2)5-15-24/h4-16H,3,17-18H2,1-2H3,(H,28,30)/b27-16-. The molecule has 0 saturated carbocycles. The van der Waals surface area contributed by atoms with Gasteiger partial charge in [0.25, 0.3) is 5.91 Å². The fourth-order valence-corrected chi connectivity index (χ4v) is 4.60. The van der Waals surface area contributed by atoms with Crippen LogP contribution in [0.1, 0.15) is 29.2 Å². The number of halogens is 1. The maximum Gasteiger partial charge on any atom is 0.255 e. The molecule has 0 unspecified atom stereocenters. The average molecular weight is 484 g/mol. The van der Waals surface area contributed by atoms with E-state index in [-0.39, 0.29) is 18.0 Å². The molecule has 172 valence electrons. The second-order valence-electron chi connectivity index (χ2n) is 7.60. The monoisotopic (exact) mass is 483 g/mol. The van der Waals surface area contributed by atoms with Crippen molar-refractivity contribution in [2.45, 2.75) is 31.7 Å². The molecule has 0 aliphatic rings. The van der Waals surface area contributed by atoms with Crippen LogP contribution in [0.15, 0.2) is 82.8 Å². The molecule has 0 bridgehead atoms. The lowest BCUT2D eigenvalue weighted by molar-refractivity contribution is -0.121. The summed E-state index contributed by atoms with van der Waals surface area (Å²) in [7, 11) is -3.92. The van der Waals surface area contributed by atoms with Crippen LogP contribution in [0.5, 0.6) is 0 Å². The minimum absolute atomic E-state index is 0.0169. The van der Waals surface area contributed by atoms with Crippen LogP contribution in [-0.4, -0.2) is 31.4 Å². The summed E-state index contributed by atoms with van der Waals surface area (Å²) in [6, 6.07) is 21.1. The van der Waals surface area contributed by atoms with E-state index in [1.807, 2.05) is 31.2 Å². The molecule has 1 N–H and O–H groups in total. The van der Waals surface area contributed by atoms with E-state index in [1.54, 1.807) is 36.4 Å². The summed E-state index contributed by atoms with van der Waals surface area (Å²) in [5, 5.41) is 4.52. The zero-order valence-corrected chi connectivity index (χ0v) is 20.1. The molecule has 3 aromatic carbocycles.